The molecule has 2 heterocycles. The van der Waals surface area contributed by atoms with Gasteiger partial charge in [-0.3, -0.25) is 19.5 Å². The third-order valence-electron chi connectivity index (χ3n) is 7.09. The van der Waals surface area contributed by atoms with Crippen LogP contribution in [0.3, 0.4) is 0 Å². The normalized spacial score (nSPS) is 24.0. The van der Waals surface area contributed by atoms with Crippen molar-refractivity contribution in [3.8, 4) is 0 Å². The van der Waals surface area contributed by atoms with Crippen molar-refractivity contribution in [3.05, 3.63) is 54.4 Å². The number of benzene rings is 1. The van der Waals surface area contributed by atoms with E-state index in [4.69, 9.17) is 4.74 Å². The predicted octanol–water partition coefficient (Wildman–Crippen LogP) is 5.88. The third-order valence-corrected chi connectivity index (χ3v) is 8.25. The second kappa shape index (κ2) is 10.2. The highest BCUT2D eigenvalue weighted by molar-refractivity contribution is 8.45. The molecular formula is C25H29F7N4O3S. The molecule has 1 aliphatic heterocycles. The number of nitrogens with zero attached hydrogens (tertiary/aromatic N) is 2. The van der Waals surface area contributed by atoms with Crippen molar-refractivity contribution in [1.29, 1.82) is 0 Å². The van der Waals surface area contributed by atoms with Crippen LogP contribution in [-0.2, 0) is 14.3 Å². The van der Waals surface area contributed by atoms with Gasteiger partial charge in [-0.15, -0.1) is 0 Å². The van der Waals surface area contributed by atoms with Crippen molar-refractivity contribution in [2.24, 2.45) is 0 Å². The predicted molar refractivity (Wildman–Crippen MR) is 135 cm³/mol. The Morgan fingerprint density at radius 3 is 2.27 bits per heavy atom. The molecule has 7 nitrogen and oxygen atoms in total. The lowest BCUT2D eigenvalue weighted by Crippen LogP contribution is -2.52. The van der Waals surface area contributed by atoms with E-state index >= 15 is 0 Å². The summed E-state index contributed by atoms with van der Waals surface area (Å²) in [5, 5.41) is 5.64. The maximum atomic E-state index is 13.9. The largest absolute Gasteiger partial charge is 0.380 e. The van der Waals surface area contributed by atoms with Crippen LogP contribution in [0.1, 0.15) is 43.7 Å². The second-order valence-corrected chi connectivity index (χ2v) is 12.5. The summed E-state index contributed by atoms with van der Waals surface area (Å²) < 4.78 is 99.6. The zero-order chi connectivity index (χ0) is 29.4. The number of anilines is 1. The van der Waals surface area contributed by atoms with E-state index in [0.29, 0.717) is 12.1 Å². The first-order chi connectivity index (χ1) is 18.5. The summed E-state index contributed by atoms with van der Waals surface area (Å²) in [7, 11) is -8.58. The molecule has 1 saturated heterocycles. The molecule has 1 aliphatic carbocycles. The lowest BCUT2D eigenvalue weighted by molar-refractivity contribution is -0.128. The van der Waals surface area contributed by atoms with Crippen LogP contribution < -0.4 is 15.5 Å². The van der Waals surface area contributed by atoms with E-state index in [9.17, 15) is 37.8 Å². The van der Waals surface area contributed by atoms with Gasteiger partial charge in [-0.05, 0) is 49.6 Å². The monoisotopic (exact) mass is 598 g/mol. The summed E-state index contributed by atoms with van der Waals surface area (Å²) in [6, 6.07) is 1.62. The average molecular weight is 599 g/mol. The van der Waals surface area contributed by atoms with E-state index in [1.807, 2.05) is 0 Å². The van der Waals surface area contributed by atoms with Gasteiger partial charge < -0.3 is 15.4 Å². The van der Waals surface area contributed by atoms with Gasteiger partial charge in [0, 0.05) is 56.2 Å². The smallest absolute Gasteiger partial charge is 0.310 e. The van der Waals surface area contributed by atoms with Gasteiger partial charge in [0.15, 0.2) is 0 Å². The van der Waals surface area contributed by atoms with E-state index in [-0.39, 0.29) is 55.3 Å². The number of nitrogens with one attached hydrogen (secondary N) is 2. The summed E-state index contributed by atoms with van der Waals surface area (Å²) in [5.41, 5.74) is -0.0787. The van der Waals surface area contributed by atoms with Crippen molar-refractivity contribution in [1.82, 2.24) is 15.6 Å². The molecule has 15 heteroatoms. The molecule has 1 unspecified atom stereocenters. The Hall–Kier alpha value is -2.91. The lowest BCUT2D eigenvalue weighted by Gasteiger charge is -2.41. The number of hydrogen-bond donors (Lipinski definition) is 2. The third kappa shape index (κ3) is 7.04. The minimum atomic E-state index is -10.0. The van der Waals surface area contributed by atoms with E-state index in [1.54, 1.807) is 0 Å². The second-order valence-electron chi connectivity index (χ2n) is 10.1. The van der Waals surface area contributed by atoms with Crippen molar-refractivity contribution in [2.45, 2.75) is 67.2 Å². The molecule has 2 amide bonds. The minimum Gasteiger partial charge on any atom is -0.380 e. The van der Waals surface area contributed by atoms with Crippen LogP contribution in [0.15, 0.2) is 53.7 Å². The number of carbonyl (C=O) groups excluding carboxylic acids is 2. The Morgan fingerprint density at radius 2 is 1.75 bits per heavy atom. The van der Waals surface area contributed by atoms with Gasteiger partial charge >= 0.3 is 10.2 Å². The number of amides is 2. The van der Waals surface area contributed by atoms with Crippen LogP contribution in [0.4, 0.5) is 33.9 Å². The Bertz CT molecular complexity index is 1220. The number of carbonyl (C=O) groups is 2. The van der Waals surface area contributed by atoms with Gasteiger partial charge in [-0.2, -0.15) is 0 Å². The highest BCUT2D eigenvalue weighted by atomic mass is 32.5. The standard InChI is InChI=1S/C25H29F7N4O3S/c1-39-19-13-21(34-15-19)24(38)36(18-4-6-20(7-5-18)40(28,29,30,31)32)22(16-3-2-12-33-14-16)23(37)35-17-8-10-25(26,27)11-9-17/h2-7,12,14,17,19,21-22,34H,8-11,13,15H2,1H3,(H,35,37)/t19-,21-,22?/m1/s1. The average Bonchev–Trinajstić information content (AvgIpc) is 3.37. The van der Waals surface area contributed by atoms with Crippen molar-refractivity contribution in [2.75, 3.05) is 18.6 Å². The van der Waals surface area contributed by atoms with Crippen LogP contribution in [0.5, 0.6) is 0 Å². The molecule has 2 aromatic rings. The van der Waals surface area contributed by atoms with Crippen LogP contribution >= 0.6 is 10.2 Å². The van der Waals surface area contributed by atoms with Crippen LogP contribution in [0, 0.1) is 0 Å². The molecule has 1 saturated carbocycles. The zero-order valence-electron chi connectivity index (χ0n) is 21.3. The molecule has 1 aromatic heterocycles. The highest BCUT2D eigenvalue weighted by Gasteiger charge is 2.65. The molecule has 1 aromatic carbocycles. The fourth-order valence-corrected chi connectivity index (χ4v) is 5.58. The van der Waals surface area contributed by atoms with Crippen molar-refractivity contribution in [3.63, 3.8) is 0 Å². The first kappa shape index (κ1) is 30.1. The number of rotatable bonds is 8. The molecule has 2 aliphatic rings. The van der Waals surface area contributed by atoms with Crippen LogP contribution in [-0.4, -0.2) is 54.6 Å². The van der Waals surface area contributed by atoms with E-state index in [2.05, 4.69) is 15.6 Å². The number of hydrogen-bond acceptors (Lipinski definition) is 5. The molecule has 0 spiro atoms. The fourth-order valence-electron chi connectivity index (χ4n) is 4.93. The summed E-state index contributed by atoms with van der Waals surface area (Å²) in [5.74, 6) is -4.36. The first-order valence-electron chi connectivity index (χ1n) is 12.5. The Labute approximate surface area is 226 Å². The molecule has 2 N–H and O–H groups in total. The summed E-state index contributed by atoms with van der Waals surface area (Å²) in [4.78, 5) is 30.3. The molecule has 0 bridgehead atoms. The Kier molecular flexibility index (Phi) is 7.65. The quantitative estimate of drug-likeness (QED) is 0.371. The molecule has 0 radical (unpaired) electrons. The minimum absolute atomic E-state index is 0.0231. The number of halogens is 7. The zero-order valence-corrected chi connectivity index (χ0v) is 22.2. The van der Waals surface area contributed by atoms with Gasteiger partial charge in [0.05, 0.1) is 12.1 Å². The molecule has 222 valence electrons. The summed E-state index contributed by atoms with van der Waals surface area (Å²) >= 11 is 0. The maximum Gasteiger partial charge on any atom is 0.310 e. The summed E-state index contributed by atoms with van der Waals surface area (Å²) in [6.45, 7) is 0.282. The van der Waals surface area contributed by atoms with Gasteiger partial charge in [0.2, 0.25) is 17.7 Å². The maximum absolute atomic E-state index is 13.9. The molecule has 3 atom stereocenters. The molecule has 2 fully saturated rings. The summed E-state index contributed by atoms with van der Waals surface area (Å²) in [6.07, 6.45) is 1.56. The fraction of sp³-hybridized carbons (Fsp3) is 0.480. The molecular weight excluding hydrogens is 569 g/mol. The van der Waals surface area contributed by atoms with Crippen LogP contribution in [0.25, 0.3) is 0 Å². The Morgan fingerprint density at radius 1 is 1.10 bits per heavy atom. The molecule has 4 rings (SSSR count). The highest BCUT2D eigenvalue weighted by Crippen LogP contribution is 3.02. The van der Waals surface area contributed by atoms with Crippen molar-refractivity contribution >= 4 is 27.7 Å². The van der Waals surface area contributed by atoms with E-state index < -0.39 is 63.8 Å². The topological polar surface area (TPSA) is 83.6 Å². The number of ether oxygens (including phenoxy) is 1. The lowest BCUT2D eigenvalue weighted by atomic mass is 9.91. The number of methoxy groups -OCH3 is 1. The van der Waals surface area contributed by atoms with E-state index in [1.165, 1.54) is 31.6 Å². The van der Waals surface area contributed by atoms with Gasteiger partial charge in [0.25, 0.3) is 0 Å². The molecule has 40 heavy (non-hydrogen) atoms. The number of alkyl halides is 2. The van der Waals surface area contributed by atoms with Crippen LogP contribution in [0.2, 0.25) is 0 Å². The number of pyridine rings is 1. The van der Waals surface area contributed by atoms with Gasteiger partial charge in [0.1, 0.15) is 10.9 Å². The Balaban J connectivity index is 1.75. The first-order valence-corrected chi connectivity index (χ1v) is 14.4. The van der Waals surface area contributed by atoms with Gasteiger partial charge in [-0.1, -0.05) is 25.5 Å². The van der Waals surface area contributed by atoms with Gasteiger partial charge in [-0.25, -0.2) is 8.78 Å². The van der Waals surface area contributed by atoms with E-state index in [0.717, 1.165) is 4.90 Å². The SMILES string of the molecule is CO[C@H]1CN[C@@H](C(=O)N(c2ccc(S(F)(F)(F)(F)F)cc2)C(C(=O)NC2CCC(F)(F)CC2)c2cccnc2)C1. The number of aromatic nitrogens is 1. The van der Waals surface area contributed by atoms with Crippen molar-refractivity contribution < 1.29 is 42.5 Å².